The summed E-state index contributed by atoms with van der Waals surface area (Å²) in [6.45, 7) is 2.17. The van der Waals surface area contributed by atoms with E-state index in [1.807, 2.05) is 37.3 Å². The van der Waals surface area contributed by atoms with Crippen molar-refractivity contribution in [2.75, 3.05) is 0 Å². The summed E-state index contributed by atoms with van der Waals surface area (Å²) in [5, 5.41) is 19.1. The van der Waals surface area contributed by atoms with Gasteiger partial charge in [0.25, 0.3) is 11.5 Å². The lowest BCUT2D eigenvalue weighted by Gasteiger charge is -2.02. The highest BCUT2D eigenvalue weighted by atomic mass is 16.3. The largest absolute Gasteiger partial charge is 0.493 e. The van der Waals surface area contributed by atoms with Crippen LogP contribution in [0.1, 0.15) is 6.92 Å². The van der Waals surface area contributed by atoms with Crippen molar-refractivity contribution in [2.24, 2.45) is 17.3 Å². The van der Waals surface area contributed by atoms with Crippen LogP contribution >= 0.6 is 0 Å². The summed E-state index contributed by atoms with van der Waals surface area (Å²) in [4.78, 5) is 33.6. The summed E-state index contributed by atoms with van der Waals surface area (Å²) in [6, 6.07) is 7.27. The van der Waals surface area contributed by atoms with Crippen LogP contribution in [0.4, 0.5) is 11.6 Å². The fourth-order valence-corrected chi connectivity index (χ4v) is 2.99. The number of hydrogen-bond acceptors (Lipinski definition) is 6. The van der Waals surface area contributed by atoms with Gasteiger partial charge in [0.15, 0.2) is 16.9 Å². The van der Waals surface area contributed by atoms with Gasteiger partial charge in [0, 0.05) is 19.0 Å². The number of aromatic amines is 2. The molecule has 3 aromatic heterocycles. The van der Waals surface area contributed by atoms with Crippen LogP contribution in [0.25, 0.3) is 22.1 Å². The number of rotatable bonds is 4. The lowest BCUT2D eigenvalue weighted by molar-refractivity contribution is 0.459. The second kappa shape index (κ2) is 6.65. The maximum absolute atomic E-state index is 12.3. The fourth-order valence-electron chi connectivity index (χ4n) is 2.99. The minimum absolute atomic E-state index is 0.119. The second-order valence-corrected chi connectivity index (χ2v) is 6.15. The lowest BCUT2D eigenvalue weighted by Crippen LogP contribution is -2.29. The van der Waals surface area contributed by atoms with E-state index in [1.165, 1.54) is 11.6 Å². The molecule has 0 aliphatic rings. The van der Waals surface area contributed by atoms with E-state index in [4.69, 9.17) is 0 Å². The number of imidazole rings is 1. The van der Waals surface area contributed by atoms with Crippen LogP contribution in [-0.4, -0.2) is 29.2 Å². The molecule has 0 bridgehead atoms. The van der Waals surface area contributed by atoms with Gasteiger partial charge in [-0.1, -0.05) is 30.4 Å². The van der Waals surface area contributed by atoms with Crippen molar-refractivity contribution in [3.63, 3.8) is 0 Å². The zero-order valence-electron chi connectivity index (χ0n) is 15.2. The third kappa shape index (κ3) is 2.71. The number of para-hydroxylation sites is 1. The van der Waals surface area contributed by atoms with Crippen molar-refractivity contribution in [1.82, 2.24) is 24.1 Å². The van der Waals surface area contributed by atoms with Gasteiger partial charge < -0.3 is 10.1 Å². The summed E-state index contributed by atoms with van der Waals surface area (Å²) in [6.07, 6.45) is 3.66. The normalized spacial score (nSPS) is 12.2. The van der Waals surface area contributed by atoms with Gasteiger partial charge in [0.2, 0.25) is 5.88 Å². The van der Waals surface area contributed by atoms with E-state index in [2.05, 4.69) is 25.2 Å². The Kier molecular flexibility index (Phi) is 4.15. The number of aryl methyl sites for hydroxylation is 1. The molecule has 0 atom stereocenters. The summed E-state index contributed by atoms with van der Waals surface area (Å²) < 4.78 is 2.80. The zero-order valence-corrected chi connectivity index (χ0v) is 15.2. The van der Waals surface area contributed by atoms with Crippen LogP contribution in [-0.2, 0) is 13.6 Å². The van der Waals surface area contributed by atoms with E-state index in [0.29, 0.717) is 11.9 Å². The van der Waals surface area contributed by atoms with E-state index in [-0.39, 0.29) is 28.7 Å². The first-order valence-electron chi connectivity index (χ1n) is 8.53. The fraction of sp³-hybridized carbons (Fsp3) is 0.167. The summed E-state index contributed by atoms with van der Waals surface area (Å²) in [5.74, 6) is 0.0239. The predicted molar refractivity (Wildman–Crippen MR) is 105 cm³/mol. The van der Waals surface area contributed by atoms with Crippen LogP contribution in [0.2, 0.25) is 0 Å². The maximum atomic E-state index is 12.3. The average molecular weight is 379 g/mol. The molecule has 4 rings (SSSR count). The van der Waals surface area contributed by atoms with Gasteiger partial charge in [-0.25, -0.2) is 4.79 Å². The van der Waals surface area contributed by atoms with Crippen LogP contribution in [0.15, 0.2) is 56.2 Å². The zero-order chi connectivity index (χ0) is 19.8. The predicted octanol–water partition coefficient (Wildman–Crippen LogP) is 2.60. The number of nitrogens with zero attached hydrogens (tertiary/aromatic N) is 5. The standard InChI is InChI=1S/C18H17N7O3/c1-3-4-9-25-13-14(24(2)18(28)21-16(13)27)20-17(25)23-22-12-10-7-5-6-8-11(10)19-15(12)26/h3-8,19,26H,9H2,1-2H3,(H,21,27,28)/b4-3+,23-22?. The molecule has 28 heavy (non-hydrogen) atoms. The Morgan fingerprint density at radius 2 is 2.00 bits per heavy atom. The minimum atomic E-state index is -0.564. The van der Waals surface area contributed by atoms with E-state index in [9.17, 15) is 14.7 Å². The van der Waals surface area contributed by atoms with E-state index < -0.39 is 11.2 Å². The molecule has 1 aromatic carbocycles. The molecule has 142 valence electrons. The molecule has 10 nitrogen and oxygen atoms in total. The van der Waals surface area contributed by atoms with Crippen molar-refractivity contribution >= 4 is 33.7 Å². The van der Waals surface area contributed by atoms with Gasteiger partial charge in [-0.2, -0.15) is 4.98 Å². The first-order valence-corrected chi connectivity index (χ1v) is 8.53. The number of benzene rings is 1. The smallest absolute Gasteiger partial charge is 0.329 e. The SMILES string of the molecule is C/C=C/Cn1c(N=Nc2c(O)[nH]c3ccccc23)nc2c1c(=O)[nH]c(=O)n2C. The van der Waals surface area contributed by atoms with Crippen molar-refractivity contribution < 1.29 is 5.11 Å². The molecule has 0 fully saturated rings. The number of fused-ring (bicyclic) bond motifs is 2. The minimum Gasteiger partial charge on any atom is -0.493 e. The molecule has 0 saturated carbocycles. The lowest BCUT2D eigenvalue weighted by atomic mass is 10.2. The third-order valence-electron chi connectivity index (χ3n) is 4.41. The van der Waals surface area contributed by atoms with Crippen LogP contribution in [0.5, 0.6) is 5.88 Å². The Bertz CT molecular complexity index is 1370. The van der Waals surface area contributed by atoms with Crippen molar-refractivity contribution in [1.29, 1.82) is 0 Å². The van der Waals surface area contributed by atoms with Gasteiger partial charge >= 0.3 is 5.69 Å². The molecular formula is C18H17N7O3. The number of azo groups is 1. The highest BCUT2D eigenvalue weighted by Gasteiger charge is 2.17. The Hall–Kier alpha value is -3.95. The van der Waals surface area contributed by atoms with Crippen LogP contribution in [0, 0.1) is 0 Å². The van der Waals surface area contributed by atoms with E-state index in [1.54, 1.807) is 10.6 Å². The Labute approximate surface area is 157 Å². The molecule has 0 radical (unpaired) electrons. The van der Waals surface area contributed by atoms with Gasteiger partial charge in [-0.3, -0.25) is 18.9 Å². The van der Waals surface area contributed by atoms with Gasteiger partial charge in [-0.15, -0.1) is 10.2 Å². The maximum Gasteiger partial charge on any atom is 0.329 e. The van der Waals surface area contributed by atoms with Gasteiger partial charge in [0.05, 0.1) is 5.52 Å². The van der Waals surface area contributed by atoms with E-state index >= 15 is 0 Å². The first kappa shape index (κ1) is 17.5. The molecule has 10 heteroatoms. The van der Waals surface area contributed by atoms with Crippen molar-refractivity contribution in [3.8, 4) is 5.88 Å². The van der Waals surface area contributed by atoms with Crippen LogP contribution in [0.3, 0.4) is 0 Å². The molecule has 0 spiro atoms. The van der Waals surface area contributed by atoms with E-state index in [0.717, 1.165) is 5.52 Å². The number of allylic oxidation sites excluding steroid dienone is 2. The molecule has 3 heterocycles. The quantitative estimate of drug-likeness (QED) is 0.371. The molecule has 0 aliphatic carbocycles. The van der Waals surface area contributed by atoms with Crippen LogP contribution < -0.4 is 11.2 Å². The summed E-state index contributed by atoms with van der Waals surface area (Å²) >= 11 is 0. The Morgan fingerprint density at radius 1 is 1.21 bits per heavy atom. The molecular weight excluding hydrogens is 362 g/mol. The van der Waals surface area contributed by atoms with Gasteiger partial charge in [0.1, 0.15) is 0 Å². The second-order valence-electron chi connectivity index (χ2n) is 6.15. The monoisotopic (exact) mass is 379 g/mol. The highest BCUT2D eigenvalue weighted by Crippen LogP contribution is 2.36. The summed E-state index contributed by atoms with van der Waals surface area (Å²) in [5.41, 5.74) is 0.295. The van der Waals surface area contributed by atoms with Gasteiger partial charge in [-0.05, 0) is 13.0 Å². The highest BCUT2D eigenvalue weighted by molar-refractivity contribution is 5.94. The Morgan fingerprint density at radius 3 is 2.79 bits per heavy atom. The number of aromatic hydroxyl groups is 1. The third-order valence-corrected chi connectivity index (χ3v) is 4.41. The van der Waals surface area contributed by atoms with Crippen molar-refractivity contribution in [2.45, 2.75) is 13.5 Å². The summed E-state index contributed by atoms with van der Waals surface area (Å²) in [7, 11) is 1.51. The molecule has 0 amide bonds. The number of H-pyrrole nitrogens is 2. The average Bonchev–Trinajstić information content (AvgIpc) is 3.20. The molecule has 0 aliphatic heterocycles. The molecule has 3 N–H and O–H groups in total. The number of aromatic nitrogens is 5. The molecule has 0 unspecified atom stereocenters. The molecule has 4 aromatic rings. The molecule has 0 saturated heterocycles. The topological polar surface area (TPSA) is 133 Å². The Balaban J connectivity index is 1.92. The number of hydrogen-bond donors (Lipinski definition) is 3. The number of nitrogens with one attached hydrogen (secondary N) is 2. The van der Waals surface area contributed by atoms with Crippen molar-refractivity contribution in [3.05, 3.63) is 57.3 Å². The first-order chi connectivity index (χ1) is 13.5.